The lowest BCUT2D eigenvalue weighted by Gasteiger charge is -2.30. The molecule has 27 heavy (non-hydrogen) atoms. The van der Waals surface area contributed by atoms with Gasteiger partial charge in [0.2, 0.25) is 0 Å². The molecule has 0 N–H and O–H groups in total. The number of ether oxygens (including phenoxy) is 1. The summed E-state index contributed by atoms with van der Waals surface area (Å²) in [7, 11) is 0. The summed E-state index contributed by atoms with van der Waals surface area (Å²) < 4.78 is 6.66. The van der Waals surface area contributed by atoms with Crippen molar-refractivity contribution < 1.29 is 9.53 Å². The van der Waals surface area contributed by atoms with Gasteiger partial charge in [0.1, 0.15) is 0 Å². The minimum Gasteiger partial charge on any atom is -0.378 e. The van der Waals surface area contributed by atoms with E-state index in [9.17, 15) is 4.79 Å². The molecule has 1 aromatic carbocycles. The van der Waals surface area contributed by atoms with Gasteiger partial charge in [0.15, 0.2) is 0 Å². The van der Waals surface area contributed by atoms with Crippen molar-refractivity contribution in [3.8, 4) is 0 Å². The predicted molar refractivity (Wildman–Crippen MR) is 108 cm³/mol. The van der Waals surface area contributed by atoms with Crippen LogP contribution in [0.25, 0.3) is 10.2 Å². The fraction of sp³-hybridized carbons (Fsp3) is 0.333. The zero-order valence-electron chi connectivity index (χ0n) is 15.1. The van der Waals surface area contributed by atoms with Crippen LogP contribution in [0.15, 0.2) is 41.8 Å². The first-order chi connectivity index (χ1) is 13.3. The lowest BCUT2D eigenvalue weighted by atomic mass is 10.1. The number of hydrogen-bond acceptors (Lipinski definition) is 5. The van der Waals surface area contributed by atoms with Gasteiger partial charge in [-0.25, -0.2) is 0 Å². The number of anilines is 1. The molecule has 1 fully saturated rings. The Kier molecular flexibility index (Phi) is 4.30. The standard InChI is InChI=1S/C21H21N3O2S/c25-21-20-15(2-1-3-18(20)23-9-11-26-12-10-23)14-24(21)8-6-16-4-5-19-17(22-16)7-13-27-19/h1-5,7,13H,6,8-12,14H2. The smallest absolute Gasteiger partial charge is 0.256 e. The third-order valence-electron chi connectivity index (χ3n) is 5.35. The molecule has 138 valence electrons. The van der Waals surface area contributed by atoms with Gasteiger partial charge in [-0.3, -0.25) is 9.78 Å². The van der Waals surface area contributed by atoms with Crippen LogP contribution in [0.3, 0.4) is 0 Å². The number of amides is 1. The van der Waals surface area contributed by atoms with E-state index in [4.69, 9.17) is 9.72 Å². The maximum absolute atomic E-state index is 13.1. The molecule has 0 saturated carbocycles. The molecule has 5 rings (SSSR count). The number of benzene rings is 1. The molecule has 0 atom stereocenters. The zero-order valence-corrected chi connectivity index (χ0v) is 15.9. The van der Waals surface area contributed by atoms with Crippen LogP contribution in [0.1, 0.15) is 21.6 Å². The van der Waals surface area contributed by atoms with Gasteiger partial charge < -0.3 is 14.5 Å². The summed E-state index contributed by atoms with van der Waals surface area (Å²) in [5.74, 6) is 0.142. The van der Waals surface area contributed by atoms with Crippen LogP contribution in [-0.2, 0) is 17.7 Å². The number of hydrogen-bond donors (Lipinski definition) is 0. The van der Waals surface area contributed by atoms with E-state index in [0.717, 1.165) is 60.7 Å². The molecule has 6 heteroatoms. The van der Waals surface area contributed by atoms with E-state index in [1.807, 2.05) is 4.90 Å². The molecule has 0 radical (unpaired) electrons. The van der Waals surface area contributed by atoms with Crippen molar-refractivity contribution in [2.45, 2.75) is 13.0 Å². The van der Waals surface area contributed by atoms with Gasteiger partial charge in [0.05, 0.1) is 34.7 Å². The maximum atomic E-state index is 13.1. The molecule has 0 spiro atoms. The Morgan fingerprint density at radius 3 is 2.89 bits per heavy atom. The highest BCUT2D eigenvalue weighted by molar-refractivity contribution is 7.17. The van der Waals surface area contributed by atoms with Crippen molar-refractivity contribution in [2.24, 2.45) is 0 Å². The van der Waals surface area contributed by atoms with E-state index in [0.29, 0.717) is 13.1 Å². The van der Waals surface area contributed by atoms with Crippen LogP contribution < -0.4 is 4.90 Å². The minimum atomic E-state index is 0.142. The number of nitrogens with zero attached hydrogens (tertiary/aromatic N) is 3. The summed E-state index contributed by atoms with van der Waals surface area (Å²) in [6.07, 6.45) is 0.776. The number of fused-ring (bicyclic) bond motifs is 2. The lowest BCUT2D eigenvalue weighted by molar-refractivity contribution is 0.0779. The molecular weight excluding hydrogens is 358 g/mol. The Hall–Kier alpha value is -2.44. The Bertz CT molecular complexity index is 994. The van der Waals surface area contributed by atoms with E-state index < -0.39 is 0 Å². The Labute approximate surface area is 162 Å². The number of rotatable bonds is 4. The van der Waals surface area contributed by atoms with Crippen molar-refractivity contribution in [3.63, 3.8) is 0 Å². The van der Waals surface area contributed by atoms with Crippen LogP contribution in [0.2, 0.25) is 0 Å². The Morgan fingerprint density at radius 2 is 2.00 bits per heavy atom. The van der Waals surface area contributed by atoms with Crippen molar-refractivity contribution >= 4 is 33.1 Å². The zero-order chi connectivity index (χ0) is 18.2. The summed E-state index contributed by atoms with van der Waals surface area (Å²) in [6.45, 7) is 4.50. The number of aromatic nitrogens is 1. The molecule has 3 aromatic rings. The first-order valence-corrected chi connectivity index (χ1v) is 10.2. The van der Waals surface area contributed by atoms with Crippen LogP contribution >= 0.6 is 11.3 Å². The minimum absolute atomic E-state index is 0.142. The van der Waals surface area contributed by atoms with E-state index >= 15 is 0 Å². The van der Waals surface area contributed by atoms with Crippen LogP contribution in [0, 0.1) is 0 Å². The molecule has 0 aliphatic carbocycles. The quantitative estimate of drug-likeness (QED) is 0.698. The third-order valence-corrected chi connectivity index (χ3v) is 6.22. The second-order valence-corrected chi connectivity index (χ2v) is 7.94. The fourth-order valence-electron chi connectivity index (χ4n) is 3.93. The lowest BCUT2D eigenvalue weighted by Crippen LogP contribution is -2.37. The molecule has 5 nitrogen and oxygen atoms in total. The van der Waals surface area contributed by atoms with Gasteiger partial charge in [-0.05, 0) is 35.2 Å². The topological polar surface area (TPSA) is 45.7 Å². The molecule has 0 bridgehead atoms. The second-order valence-electron chi connectivity index (χ2n) is 6.99. The molecule has 0 unspecified atom stereocenters. The van der Waals surface area contributed by atoms with Gasteiger partial charge in [0, 0.05) is 38.3 Å². The second kappa shape index (κ2) is 6.94. The number of pyridine rings is 1. The highest BCUT2D eigenvalue weighted by Gasteiger charge is 2.31. The first-order valence-electron chi connectivity index (χ1n) is 9.36. The summed E-state index contributed by atoms with van der Waals surface area (Å²) in [4.78, 5) is 22.0. The molecule has 1 amide bonds. The number of carbonyl (C=O) groups is 1. The van der Waals surface area contributed by atoms with Gasteiger partial charge >= 0.3 is 0 Å². The average molecular weight is 379 g/mol. The SMILES string of the molecule is O=C1c2c(cccc2N2CCOCC2)CN1CCc1ccc2sccc2n1. The summed E-state index contributed by atoms with van der Waals surface area (Å²) in [6, 6.07) is 12.5. The van der Waals surface area contributed by atoms with Crippen molar-refractivity contribution in [2.75, 3.05) is 37.7 Å². The average Bonchev–Trinajstić information content (AvgIpc) is 3.31. The third kappa shape index (κ3) is 3.09. The number of thiophene rings is 1. The normalized spacial score (nSPS) is 17.0. The van der Waals surface area contributed by atoms with Gasteiger partial charge in [0.25, 0.3) is 5.91 Å². The van der Waals surface area contributed by atoms with Crippen LogP contribution in [0.4, 0.5) is 5.69 Å². The van der Waals surface area contributed by atoms with E-state index in [1.165, 1.54) is 4.70 Å². The number of morpholine rings is 1. The summed E-state index contributed by atoms with van der Waals surface area (Å²) in [5.41, 5.74) is 5.15. The maximum Gasteiger partial charge on any atom is 0.256 e. The van der Waals surface area contributed by atoms with Gasteiger partial charge in [-0.1, -0.05) is 12.1 Å². The molecule has 2 aromatic heterocycles. The first kappa shape index (κ1) is 16.7. The van der Waals surface area contributed by atoms with Crippen molar-refractivity contribution in [1.29, 1.82) is 0 Å². The monoisotopic (exact) mass is 379 g/mol. The van der Waals surface area contributed by atoms with Crippen molar-refractivity contribution in [1.82, 2.24) is 9.88 Å². The Balaban J connectivity index is 1.33. The highest BCUT2D eigenvalue weighted by atomic mass is 32.1. The fourth-order valence-corrected chi connectivity index (χ4v) is 4.66. The summed E-state index contributed by atoms with van der Waals surface area (Å²) in [5, 5.41) is 2.06. The summed E-state index contributed by atoms with van der Waals surface area (Å²) >= 11 is 1.71. The predicted octanol–water partition coefficient (Wildman–Crippen LogP) is 3.33. The molecule has 4 heterocycles. The molecular formula is C21H21N3O2S. The van der Waals surface area contributed by atoms with Crippen molar-refractivity contribution in [3.05, 3.63) is 58.6 Å². The van der Waals surface area contributed by atoms with E-state index in [-0.39, 0.29) is 5.91 Å². The Morgan fingerprint density at radius 1 is 1.11 bits per heavy atom. The highest BCUT2D eigenvalue weighted by Crippen LogP contribution is 2.32. The van der Waals surface area contributed by atoms with E-state index in [1.54, 1.807) is 11.3 Å². The number of carbonyl (C=O) groups excluding carboxylic acids is 1. The van der Waals surface area contributed by atoms with Crippen LogP contribution in [-0.4, -0.2) is 48.6 Å². The van der Waals surface area contributed by atoms with E-state index in [2.05, 4.69) is 46.7 Å². The molecule has 2 aliphatic heterocycles. The van der Waals surface area contributed by atoms with Gasteiger partial charge in [-0.15, -0.1) is 11.3 Å². The van der Waals surface area contributed by atoms with Gasteiger partial charge in [-0.2, -0.15) is 0 Å². The molecule has 1 saturated heterocycles. The van der Waals surface area contributed by atoms with Crippen LogP contribution in [0.5, 0.6) is 0 Å². The largest absolute Gasteiger partial charge is 0.378 e. The molecule has 2 aliphatic rings.